The van der Waals surface area contributed by atoms with Crippen molar-refractivity contribution in [3.63, 3.8) is 0 Å². The summed E-state index contributed by atoms with van der Waals surface area (Å²) in [5.74, 6) is -0.601. The predicted octanol–water partition coefficient (Wildman–Crippen LogP) is 1.51. The molecule has 3 heteroatoms. The normalized spacial score (nSPS) is 44.4. The standard InChI is InChI=1S/C10H17NO2/c11-10-3-1-2-9(4-6-10,5-7-10)8(12)13/h1-7,11H2,(H,12,13). The third-order valence-corrected chi connectivity index (χ3v) is 3.99. The van der Waals surface area contributed by atoms with Crippen LogP contribution in [-0.2, 0) is 4.79 Å². The Labute approximate surface area is 78.3 Å². The summed E-state index contributed by atoms with van der Waals surface area (Å²) in [6.07, 6.45) is 6.22. The van der Waals surface area contributed by atoms with Crippen molar-refractivity contribution in [3.05, 3.63) is 0 Å². The van der Waals surface area contributed by atoms with E-state index < -0.39 is 11.4 Å². The van der Waals surface area contributed by atoms with E-state index in [1.54, 1.807) is 0 Å². The van der Waals surface area contributed by atoms with Gasteiger partial charge in [0.25, 0.3) is 0 Å². The van der Waals surface area contributed by atoms with Crippen LogP contribution in [0.1, 0.15) is 44.9 Å². The highest BCUT2D eigenvalue weighted by Crippen LogP contribution is 2.48. The summed E-state index contributed by atoms with van der Waals surface area (Å²) in [6.45, 7) is 0. The van der Waals surface area contributed by atoms with Crippen LogP contribution in [0.2, 0.25) is 0 Å². The number of fused-ring (bicyclic) bond motifs is 4. The van der Waals surface area contributed by atoms with Crippen molar-refractivity contribution in [2.45, 2.75) is 50.5 Å². The molecular formula is C10H17NO2. The smallest absolute Gasteiger partial charge is 0.309 e. The summed E-state index contributed by atoms with van der Waals surface area (Å²) < 4.78 is 0. The number of rotatable bonds is 1. The van der Waals surface area contributed by atoms with Crippen molar-refractivity contribution in [2.24, 2.45) is 11.1 Å². The van der Waals surface area contributed by atoms with Crippen molar-refractivity contribution >= 4 is 5.97 Å². The van der Waals surface area contributed by atoms with Crippen LogP contribution in [0.25, 0.3) is 0 Å². The lowest BCUT2D eigenvalue weighted by Gasteiger charge is -2.38. The predicted molar refractivity (Wildman–Crippen MR) is 49.3 cm³/mol. The maximum Gasteiger partial charge on any atom is 0.309 e. The molecule has 0 aromatic carbocycles. The van der Waals surface area contributed by atoms with Gasteiger partial charge in [-0.25, -0.2) is 0 Å². The van der Waals surface area contributed by atoms with Crippen LogP contribution >= 0.6 is 0 Å². The Bertz CT molecular complexity index is 229. The molecule has 3 aliphatic carbocycles. The van der Waals surface area contributed by atoms with Gasteiger partial charge in [0.2, 0.25) is 0 Å². The second-order valence-electron chi connectivity index (χ2n) is 4.80. The number of nitrogens with two attached hydrogens (primary N) is 1. The summed E-state index contributed by atoms with van der Waals surface area (Å²) in [7, 11) is 0. The van der Waals surface area contributed by atoms with Gasteiger partial charge in [-0.2, -0.15) is 0 Å². The van der Waals surface area contributed by atoms with Crippen molar-refractivity contribution in [2.75, 3.05) is 0 Å². The summed E-state index contributed by atoms with van der Waals surface area (Å²) in [5, 5.41) is 9.18. The van der Waals surface area contributed by atoms with Gasteiger partial charge in [0, 0.05) is 5.54 Å². The van der Waals surface area contributed by atoms with Crippen LogP contribution in [0.15, 0.2) is 0 Å². The molecular weight excluding hydrogens is 166 g/mol. The van der Waals surface area contributed by atoms with E-state index in [1.165, 1.54) is 0 Å². The third-order valence-electron chi connectivity index (χ3n) is 3.99. The average molecular weight is 183 g/mol. The van der Waals surface area contributed by atoms with Crippen LogP contribution in [-0.4, -0.2) is 16.6 Å². The number of carbonyl (C=O) groups is 1. The number of hydrogen-bond acceptors (Lipinski definition) is 2. The maximum atomic E-state index is 11.1. The van der Waals surface area contributed by atoms with Gasteiger partial charge in [-0.15, -0.1) is 0 Å². The van der Waals surface area contributed by atoms with Gasteiger partial charge in [0.15, 0.2) is 0 Å². The molecule has 3 N–H and O–H groups in total. The Morgan fingerprint density at radius 2 is 1.69 bits per heavy atom. The zero-order valence-electron chi connectivity index (χ0n) is 7.88. The molecule has 3 rings (SSSR count). The molecule has 74 valence electrons. The van der Waals surface area contributed by atoms with Gasteiger partial charge in [0.05, 0.1) is 5.41 Å². The van der Waals surface area contributed by atoms with Crippen molar-refractivity contribution in [3.8, 4) is 0 Å². The van der Waals surface area contributed by atoms with E-state index in [9.17, 15) is 9.90 Å². The van der Waals surface area contributed by atoms with Crippen LogP contribution in [0, 0.1) is 5.41 Å². The van der Waals surface area contributed by atoms with E-state index in [0.717, 1.165) is 44.9 Å². The van der Waals surface area contributed by atoms with Crippen molar-refractivity contribution in [1.29, 1.82) is 0 Å². The van der Waals surface area contributed by atoms with Crippen molar-refractivity contribution in [1.82, 2.24) is 0 Å². The molecule has 0 atom stereocenters. The molecule has 0 aromatic heterocycles. The number of hydrogen-bond donors (Lipinski definition) is 2. The van der Waals surface area contributed by atoms with Crippen LogP contribution in [0.4, 0.5) is 0 Å². The van der Waals surface area contributed by atoms with Crippen molar-refractivity contribution < 1.29 is 9.90 Å². The number of carboxylic acid groups (broad SMARTS) is 1. The van der Waals surface area contributed by atoms with Gasteiger partial charge < -0.3 is 10.8 Å². The Morgan fingerprint density at radius 3 is 2.23 bits per heavy atom. The van der Waals surface area contributed by atoms with Crippen LogP contribution in [0.3, 0.4) is 0 Å². The minimum Gasteiger partial charge on any atom is -0.481 e. The molecule has 0 heterocycles. The largest absolute Gasteiger partial charge is 0.481 e. The summed E-state index contributed by atoms with van der Waals surface area (Å²) >= 11 is 0. The van der Waals surface area contributed by atoms with Gasteiger partial charge in [-0.05, 0) is 38.5 Å². The molecule has 3 aliphatic rings. The fourth-order valence-corrected chi connectivity index (χ4v) is 2.83. The first-order chi connectivity index (χ1) is 6.06. The lowest BCUT2D eigenvalue weighted by atomic mass is 9.69. The number of carboxylic acids is 1. The zero-order valence-corrected chi connectivity index (χ0v) is 7.88. The minimum atomic E-state index is -0.601. The van der Waals surface area contributed by atoms with E-state index >= 15 is 0 Å². The van der Waals surface area contributed by atoms with Gasteiger partial charge in [-0.3, -0.25) is 4.79 Å². The highest BCUT2D eigenvalue weighted by molar-refractivity contribution is 5.74. The second-order valence-corrected chi connectivity index (χ2v) is 4.80. The fourth-order valence-electron chi connectivity index (χ4n) is 2.83. The van der Waals surface area contributed by atoms with Crippen LogP contribution < -0.4 is 5.73 Å². The van der Waals surface area contributed by atoms with E-state index in [-0.39, 0.29) is 5.54 Å². The zero-order chi connectivity index (χ0) is 9.53. The maximum absolute atomic E-state index is 11.1. The van der Waals surface area contributed by atoms with Crippen LogP contribution in [0.5, 0.6) is 0 Å². The Balaban J connectivity index is 2.23. The fraction of sp³-hybridized carbons (Fsp3) is 0.900. The molecule has 0 spiro atoms. The summed E-state index contributed by atoms with van der Waals surface area (Å²) in [5.41, 5.74) is 5.71. The first-order valence-electron chi connectivity index (χ1n) is 5.09. The van der Waals surface area contributed by atoms with Gasteiger partial charge >= 0.3 is 5.97 Å². The molecule has 0 radical (unpaired) electrons. The molecule has 0 amide bonds. The van der Waals surface area contributed by atoms with E-state index in [2.05, 4.69) is 0 Å². The van der Waals surface area contributed by atoms with E-state index in [4.69, 9.17) is 5.73 Å². The second kappa shape index (κ2) is 2.71. The SMILES string of the molecule is NC12CCCC(C(=O)O)(CC1)CC2. The third kappa shape index (κ3) is 1.35. The van der Waals surface area contributed by atoms with Gasteiger partial charge in [0.1, 0.15) is 0 Å². The molecule has 3 nitrogen and oxygen atoms in total. The topological polar surface area (TPSA) is 63.3 Å². The Morgan fingerprint density at radius 1 is 1.08 bits per heavy atom. The average Bonchev–Trinajstić information content (AvgIpc) is 2.34. The molecule has 0 aliphatic heterocycles. The lowest BCUT2D eigenvalue weighted by molar-refractivity contribution is -0.151. The monoisotopic (exact) mass is 183 g/mol. The molecule has 0 unspecified atom stereocenters. The first-order valence-corrected chi connectivity index (χ1v) is 5.09. The van der Waals surface area contributed by atoms with E-state index in [1.807, 2.05) is 0 Å². The molecule has 13 heavy (non-hydrogen) atoms. The quantitative estimate of drug-likeness (QED) is 0.647. The molecule has 0 saturated heterocycles. The highest BCUT2D eigenvalue weighted by atomic mass is 16.4. The van der Waals surface area contributed by atoms with Gasteiger partial charge in [-0.1, -0.05) is 6.42 Å². The Kier molecular flexibility index (Phi) is 1.88. The highest BCUT2D eigenvalue weighted by Gasteiger charge is 2.47. The minimum absolute atomic E-state index is 0.0323. The molecule has 0 aromatic rings. The Hall–Kier alpha value is -0.570. The number of aliphatic carboxylic acids is 1. The lowest BCUT2D eigenvalue weighted by Crippen LogP contribution is -2.45. The summed E-state index contributed by atoms with van der Waals surface area (Å²) in [6, 6.07) is 0. The molecule has 3 saturated carbocycles. The summed E-state index contributed by atoms with van der Waals surface area (Å²) in [4.78, 5) is 11.1. The molecule has 3 fully saturated rings. The van der Waals surface area contributed by atoms with E-state index in [0.29, 0.717) is 0 Å². The molecule has 2 bridgehead atoms. The first kappa shape index (κ1) is 9.00.